The predicted octanol–water partition coefficient (Wildman–Crippen LogP) is 5.46. The van der Waals surface area contributed by atoms with Gasteiger partial charge < -0.3 is 15.0 Å². The van der Waals surface area contributed by atoms with Crippen LogP contribution < -0.4 is 14.4 Å². The molecule has 1 aliphatic rings. The second kappa shape index (κ2) is 14.4. The highest BCUT2D eigenvalue weighted by molar-refractivity contribution is 7.92. The first-order valence-electron chi connectivity index (χ1n) is 14.7. The van der Waals surface area contributed by atoms with Crippen LogP contribution in [0.15, 0.2) is 83.8 Å². The summed E-state index contributed by atoms with van der Waals surface area (Å²) in [4.78, 5) is 29.3. The first-order chi connectivity index (χ1) is 20.2. The fraction of sp³-hybridized carbons (Fsp3) is 0.394. The van der Waals surface area contributed by atoms with Crippen molar-refractivity contribution in [2.24, 2.45) is 0 Å². The highest BCUT2D eigenvalue weighted by Gasteiger charge is 2.34. The molecule has 9 heteroatoms. The standard InChI is InChI=1S/C33H41N3O5S/c1-4-31(33(38)34-27-11-9-10-12-27)35(23-26-17-15-25(3)16-18-26)32(37)24-36(28-19-21-29(22-20-28)41-5-2)42(39,40)30-13-7-6-8-14-30/h6-8,13-22,27,31H,4-5,9-12,23-24H2,1-3H3,(H,34,38)/t31-/m0/s1. The quantitative estimate of drug-likeness (QED) is 0.285. The Morgan fingerprint density at radius 1 is 0.929 bits per heavy atom. The molecule has 0 aliphatic heterocycles. The maximum Gasteiger partial charge on any atom is 0.264 e. The molecular formula is C33H41N3O5S. The number of aryl methyl sites for hydroxylation is 1. The van der Waals surface area contributed by atoms with Crippen molar-refractivity contribution >= 4 is 27.5 Å². The van der Waals surface area contributed by atoms with Crippen molar-refractivity contribution in [3.63, 3.8) is 0 Å². The minimum absolute atomic E-state index is 0.0720. The van der Waals surface area contributed by atoms with Crippen LogP contribution in [0, 0.1) is 6.92 Å². The van der Waals surface area contributed by atoms with Crippen LogP contribution in [0.2, 0.25) is 0 Å². The van der Waals surface area contributed by atoms with Gasteiger partial charge in [-0.2, -0.15) is 0 Å². The molecule has 1 saturated carbocycles. The Morgan fingerprint density at radius 2 is 1.57 bits per heavy atom. The van der Waals surface area contributed by atoms with Gasteiger partial charge in [0.05, 0.1) is 17.2 Å². The van der Waals surface area contributed by atoms with E-state index in [1.807, 2.05) is 45.0 Å². The average molecular weight is 592 g/mol. The van der Waals surface area contributed by atoms with Crippen LogP contribution in [0.1, 0.15) is 57.1 Å². The molecule has 1 atom stereocenters. The van der Waals surface area contributed by atoms with Crippen LogP contribution in [-0.4, -0.2) is 50.4 Å². The van der Waals surface area contributed by atoms with Crippen LogP contribution in [-0.2, 0) is 26.2 Å². The number of carbonyl (C=O) groups is 2. The minimum atomic E-state index is -4.11. The van der Waals surface area contributed by atoms with Gasteiger partial charge in [0.2, 0.25) is 11.8 Å². The zero-order valence-corrected chi connectivity index (χ0v) is 25.5. The molecule has 0 unspecified atom stereocenters. The molecule has 0 bridgehead atoms. The zero-order valence-electron chi connectivity index (χ0n) is 24.7. The van der Waals surface area contributed by atoms with Gasteiger partial charge in [-0.15, -0.1) is 0 Å². The fourth-order valence-corrected chi connectivity index (χ4v) is 6.74. The monoisotopic (exact) mass is 591 g/mol. The summed E-state index contributed by atoms with van der Waals surface area (Å²) in [6.07, 6.45) is 4.39. The Balaban J connectivity index is 1.70. The van der Waals surface area contributed by atoms with E-state index in [0.29, 0.717) is 24.5 Å². The summed E-state index contributed by atoms with van der Waals surface area (Å²) in [6, 6.07) is 21.8. The number of sulfonamides is 1. The Morgan fingerprint density at radius 3 is 2.17 bits per heavy atom. The van der Waals surface area contributed by atoms with Crippen LogP contribution in [0.3, 0.4) is 0 Å². The van der Waals surface area contributed by atoms with E-state index < -0.39 is 28.5 Å². The molecule has 224 valence electrons. The molecule has 1 aliphatic carbocycles. The summed E-state index contributed by atoms with van der Waals surface area (Å²) in [6.45, 7) is 5.91. The highest BCUT2D eigenvalue weighted by Crippen LogP contribution is 2.27. The van der Waals surface area contributed by atoms with Crippen molar-refractivity contribution in [1.29, 1.82) is 0 Å². The maximum absolute atomic E-state index is 14.2. The van der Waals surface area contributed by atoms with Crippen molar-refractivity contribution in [2.45, 2.75) is 76.4 Å². The largest absolute Gasteiger partial charge is 0.494 e. The summed E-state index contributed by atoms with van der Waals surface area (Å²) in [7, 11) is -4.11. The molecule has 2 amide bonds. The highest BCUT2D eigenvalue weighted by atomic mass is 32.2. The second-order valence-corrected chi connectivity index (χ2v) is 12.5. The van der Waals surface area contributed by atoms with Crippen molar-refractivity contribution in [2.75, 3.05) is 17.5 Å². The van der Waals surface area contributed by atoms with E-state index >= 15 is 0 Å². The van der Waals surface area contributed by atoms with E-state index in [0.717, 1.165) is 41.1 Å². The third-order valence-electron chi connectivity index (χ3n) is 7.61. The van der Waals surface area contributed by atoms with Crippen LogP contribution in [0.5, 0.6) is 5.75 Å². The van der Waals surface area contributed by atoms with Gasteiger partial charge >= 0.3 is 0 Å². The van der Waals surface area contributed by atoms with Gasteiger partial charge in [0.15, 0.2) is 0 Å². The number of hydrogen-bond donors (Lipinski definition) is 1. The summed E-state index contributed by atoms with van der Waals surface area (Å²) < 4.78 is 34.6. The summed E-state index contributed by atoms with van der Waals surface area (Å²) in [5, 5.41) is 3.14. The van der Waals surface area contributed by atoms with E-state index in [1.54, 1.807) is 42.5 Å². The SMILES string of the molecule is CCOc1ccc(N(CC(=O)N(Cc2ccc(C)cc2)[C@@H](CC)C(=O)NC2CCCC2)S(=O)(=O)c2ccccc2)cc1. The number of anilines is 1. The van der Waals surface area contributed by atoms with Gasteiger partial charge in [0.25, 0.3) is 10.0 Å². The number of rotatable bonds is 13. The molecule has 8 nitrogen and oxygen atoms in total. The van der Waals surface area contributed by atoms with Gasteiger partial charge in [0, 0.05) is 12.6 Å². The lowest BCUT2D eigenvalue weighted by Crippen LogP contribution is -2.53. The molecule has 0 saturated heterocycles. The Kier molecular flexibility index (Phi) is 10.6. The molecule has 0 aromatic heterocycles. The first-order valence-corrected chi connectivity index (χ1v) is 16.1. The molecule has 1 N–H and O–H groups in total. The Bertz CT molecular complexity index is 1420. The van der Waals surface area contributed by atoms with Crippen molar-refractivity contribution in [3.8, 4) is 5.75 Å². The fourth-order valence-electron chi connectivity index (χ4n) is 5.30. The number of nitrogens with one attached hydrogen (secondary N) is 1. The maximum atomic E-state index is 14.2. The second-order valence-electron chi connectivity index (χ2n) is 10.7. The summed E-state index contributed by atoms with van der Waals surface area (Å²) in [5.74, 6) is -0.0685. The van der Waals surface area contributed by atoms with E-state index in [4.69, 9.17) is 4.74 Å². The molecular weight excluding hydrogens is 550 g/mol. The Labute approximate surface area is 249 Å². The van der Waals surface area contributed by atoms with Crippen LogP contribution in [0.4, 0.5) is 5.69 Å². The van der Waals surface area contributed by atoms with Gasteiger partial charge in [-0.25, -0.2) is 8.42 Å². The number of benzene rings is 3. The van der Waals surface area contributed by atoms with E-state index in [-0.39, 0.29) is 23.4 Å². The molecule has 0 heterocycles. The van der Waals surface area contributed by atoms with Crippen molar-refractivity contribution < 1.29 is 22.7 Å². The minimum Gasteiger partial charge on any atom is -0.494 e. The predicted molar refractivity (Wildman–Crippen MR) is 165 cm³/mol. The number of amides is 2. The normalized spacial score (nSPS) is 14.3. The number of ether oxygens (including phenoxy) is 1. The third-order valence-corrected chi connectivity index (χ3v) is 9.39. The number of hydrogen-bond acceptors (Lipinski definition) is 5. The molecule has 3 aromatic carbocycles. The van der Waals surface area contributed by atoms with Crippen molar-refractivity contribution in [1.82, 2.24) is 10.2 Å². The number of carbonyl (C=O) groups excluding carboxylic acids is 2. The van der Waals surface area contributed by atoms with Gasteiger partial charge in [0.1, 0.15) is 18.3 Å². The zero-order chi connectivity index (χ0) is 30.1. The lowest BCUT2D eigenvalue weighted by Gasteiger charge is -2.33. The van der Waals surface area contributed by atoms with Gasteiger partial charge in [-0.05, 0) is 75.1 Å². The summed E-state index contributed by atoms with van der Waals surface area (Å²) in [5.41, 5.74) is 2.27. The topological polar surface area (TPSA) is 96.0 Å². The lowest BCUT2D eigenvalue weighted by atomic mass is 10.1. The first kappa shape index (κ1) is 31.1. The average Bonchev–Trinajstić information content (AvgIpc) is 3.51. The van der Waals surface area contributed by atoms with Crippen molar-refractivity contribution in [3.05, 3.63) is 90.0 Å². The number of nitrogens with zero attached hydrogens (tertiary/aromatic N) is 2. The van der Waals surface area contributed by atoms with Gasteiger partial charge in [-0.3, -0.25) is 13.9 Å². The molecule has 4 rings (SSSR count). The lowest BCUT2D eigenvalue weighted by molar-refractivity contribution is -0.140. The summed E-state index contributed by atoms with van der Waals surface area (Å²) >= 11 is 0. The smallest absolute Gasteiger partial charge is 0.264 e. The van der Waals surface area contributed by atoms with Crippen LogP contribution in [0.25, 0.3) is 0 Å². The molecule has 42 heavy (non-hydrogen) atoms. The van der Waals surface area contributed by atoms with E-state index in [2.05, 4.69) is 5.32 Å². The van der Waals surface area contributed by atoms with Crippen LogP contribution >= 0.6 is 0 Å². The third kappa shape index (κ3) is 7.70. The molecule has 3 aromatic rings. The Hall–Kier alpha value is -3.85. The van der Waals surface area contributed by atoms with E-state index in [9.17, 15) is 18.0 Å². The molecule has 1 fully saturated rings. The van der Waals surface area contributed by atoms with E-state index in [1.165, 1.54) is 17.0 Å². The van der Waals surface area contributed by atoms with Gasteiger partial charge in [-0.1, -0.05) is 67.8 Å². The molecule has 0 radical (unpaired) electrons. The molecule has 0 spiro atoms.